The number of alkyl halides is 3. The van der Waals surface area contributed by atoms with Gasteiger partial charge in [0.25, 0.3) is 5.91 Å². The van der Waals surface area contributed by atoms with E-state index in [-0.39, 0.29) is 33.8 Å². The fourth-order valence-corrected chi connectivity index (χ4v) is 4.69. The van der Waals surface area contributed by atoms with Crippen molar-refractivity contribution in [3.8, 4) is 0 Å². The molecule has 0 aromatic heterocycles. The minimum Gasteiger partial charge on any atom is -0.372 e. The van der Waals surface area contributed by atoms with Gasteiger partial charge in [-0.25, -0.2) is 0 Å². The number of aliphatic hydroxyl groups is 1. The summed E-state index contributed by atoms with van der Waals surface area (Å²) in [5, 5.41) is 11.7. The highest BCUT2D eigenvalue weighted by Crippen LogP contribution is 2.52. The van der Waals surface area contributed by atoms with E-state index in [4.69, 9.17) is 23.2 Å². The number of carbonyl (C=O) groups is 1. The summed E-state index contributed by atoms with van der Waals surface area (Å²) in [6, 6.07) is 6.47. The van der Waals surface area contributed by atoms with Crippen LogP contribution in [-0.2, 0) is 16.6 Å². The third kappa shape index (κ3) is 4.06. The van der Waals surface area contributed by atoms with Gasteiger partial charge in [0.05, 0.1) is 11.3 Å². The standard InChI is InChI=1S/C21H18Cl2F3NO2.C2H6/c1-11-7-15(21(24,25)26)18-17(8-11)27(10-12-3-2-4-12)19(28)20(18,29)14-6-5-13(22)9-16(14)23;1-2/h5-9,12,29H,2-4,10H2,1H3;1-2H3. The van der Waals surface area contributed by atoms with Gasteiger partial charge < -0.3 is 10.0 Å². The molecule has 1 fully saturated rings. The van der Waals surface area contributed by atoms with Gasteiger partial charge in [-0.2, -0.15) is 13.2 Å². The van der Waals surface area contributed by atoms with E-state index in [9.17, 15) is 23.1 Å². The molecule has 1 heterocycles. The fraction of sp³-hybridized carbons (Fsp3) is 0.435. The molecule has 0 spiro atoms. The van der Waals surface area contributed by atoms with Gasteiger partial charge in [0.1, 0.15) is 0 Å². The first-order valence-corrected chi connectivity index (χ1v) is 11.0. The van der Waals surface area contributed by atoms with Crippen molar-refractivity contribution >= 4 is 34.8 Å². The highest BCUT2D eigenvalue weighted by molar-refractivity contribution is 6.35. The summed E-state index contributed by atoms with van der Waals surface area (Å²) in [5.74, 6) is -0.621. The minimum atomic E-state index is -4.75. The molecule has 2 aromatic rings. The molecule has 0 saturated heterocycles. The van der Waals surface area contributed by atoms with Crippen molar-refractivity contribution in [2.45, 2.75) is 51.8 Å². The molecule has 1 amide bonds. The summed E-state index contributed by atoms with van der Waals surface area (Å²) >= 11 is 12.1. The smallest absolute Gasteiger partial charge is 0.372 e. The molecule has 1 unspecified atom stereocenters. The molecule has 8 heteroatoms. The lowest BCUT2D eigenvalue weighted by atomic mass is 9.83. The molecule has 3 nitrogen and oxygen atoms in total. The Morgan fingerprint density at radius 3 is 2.32 bits per heavy atom. The highest BCUT2D eigenvalue weighted by Gasteiger charge is 2.56. The van der Waals surface area contributed by atoms with Crippen molar-refractivity contribution in [1.29, 1.82) is 0 Å². The molecule has 0 radical (unpaired) electrons. The van der Waals surface area contributed by atoms with Crippen LogP contribution >= 0.6 is 23.2 Å². The first-order valence-electron chi connectivity index (χ1n) is 10.3. The van der Waals surface area contributed by atoms with Crippen molar-refractivity contribution in [3.05, 3.63) is 62.6 Å². The molecule has 31 heavy (non-hydrogen) atoms. The third-order valence-corrected chi connectivity index (χ3v) is 6.31. The first-order chi connectivity index (χ1) is 14.5. The Morgan fingerprint density at radius 1 is 1.16 bits per heavy atom. The Morgan fingerprint density at radius 2 is 1.81 bits per heavy atom. The van der Waals surface area contributed by atoms with Crippen LogP contribution in [0, 0.1) is 12.8 Å². The van der Waals surface area contributed by atoms with Crippen molar-refractivity contribution in [2.24, 2.45) is 5.92 Å². The van der Waals surface area contributed by atoms with Gasteiger partial charge in [-0.05, 0) is 55.5 Å². The molecule has 1 aliphatic heterocycles. The Hall–Kier alpha value is -1.76. The maximum Gasteiger partial charge on any atom is 0.416 e. The minimum absolute atomic E-state index is 0.0708. The van der Waals surface area contributed by atoms with E-state index in [1.165, 1.54) is 36.1 Å². The zero-order valence-electron chi connectivity index (χ0n) is 17.5. The molecular formula is C23H24Cl2F3NO2. The zero-order chi connectivity index (χ0) is 23.1. The number of hydrogen-bond donors (Lipinski definition) is 1. The van der Waals surface area contributed by atoms with Crippen LogP contribution in [0.3, 0.4) is 0 Å². The average Bonchev–Trinajstić information content (AvgIpc) is 2.86. The molecule has 2 aliphatic rings. The maximum absolute atomic E-state index is 13.9. The lowest BCUT2D eigenvalue weighted by Crippen LogP contribution is -2.44. The molecule has 2 aromatic carbocycles. The second-order valence-corrected chi connectivity index (χ2v) is 8.60. The van der Waals surface area contributed by atoms with Gasteiger partial charge in [0, 0.05) is 27.7 Å². The summed E-state index contributed by atoms with van der Waals surface area (Å²) < 4.78 is 41.8. The summed E-state index contributed by atoms with van der Waals surface area (Å²) in [7, 11) is 0. The molecule has 1 aliphatic carbocycles. The molecule has 0 bridgehead atoms. The SMILES string of the molecule is CC.Cc1cc2c(c(C(F)(F)F)c1)C(O)(c1ccc(Cl)cc1Cl)C(=O)N2CC1CCC1. The number of carbonyl (C=O) groups excluding carboxylic acids is 1. The van der Waals surface area contributed by atoms with Crippen LogP contribution in [0.5, 0.6) is 0 Å². The normalized spacial score (nSPS) is 20.8. The maximum atomic E-state index is 13.9. The molecule has 1 N–H and O–H groups in total. The van der Waals surface area contributed by atoms with Crippen LogP contribution in [0.25, 0.3) is 0 Å². The van der Waals surface area contributed by atoms with E-state index in [2.05, 4.69) is 0 Å². The monoisotopic (exact) mass is 473 g/mol. The van der Waals surface area contributed by atoms with Crippen molar-refractivity contribution < 1.29 is 23.1 Å². The number of aryl methyl sites for hydroxylation is 1. The summed E-state index contributed by atoms with van der Waals surface area (Å²) in [4.78, 5) is 14.7. The number of nitrogens with zero attached hydrogens (tertiary/aromatic N) is 1. The van der Waals surface area contributed by atoms with E-state index < -0.39 is 28.8 Å². The fourth-order valence-electron chi connectivity index (χ4n) is 4.14. The van der Waals surface area contributed by atoms with Gasteiger partial charge >= 0.3 is 6.18 Å². The second-order valence-electron chi connectivity index (χ2n) is 7.75. The molecule has 168 valence electrons. The topological polar surface area (TPSA) is 40.5 Å². The van der Waals surface area contributed by atoms with E-state index in [1.807, 2.05) is 13.8 Å². The lowest BCUT2D eigenvalue weighted by Gasteiger charge is -2.31. The predicted molar refractivity (Wildman–Crippen MR) is 117 cm³/mol. The van der Waals surface area contributed by atoms with Crippen molar-refractivity contribution in [2.75, 3.05) is 11.4 Å². The van der Waals surface area contributed by atoms with Crippen LogP contribution in [0.15, 0.2) is 30.3 Å². The van der Waals surface area contributed by atoms with Gasteiger partial charge in [-0.1, -0.05) is 49.5 Å². The molecule has 1 saturated carbocycles. The summed E-state index contributed by atoms with van der Waals surface area (Å²) in [6.07, 6.45) is -1.93. The Labute approximate surface area is 189 Å². The first kappa shape index (κ1) is 23.9. The number of halogens is 5. The number of hydrogen-bond acceptors (Lipinski definition) is 2. The second kappa shape index (κ2) is 8.64. The third-order valence-electron chi connectivity index (χ3n) is 5.76. The van der Waals surface area contributed by atoms with Crippen molar-refractivity contribution in [1.82, 2.24) is 0 Å². The number of fused-ring (bicyclic) bond motifs is 1. The number of anilines is 1. The van der Waals surface area contributed by atoms with Gasteiger partial charge in [-0.15, -0.1) is 0 Å². The quantitative estimate of drug-likeness (QED) is 0.536. The number of amides is 1. The highest BCUT2D eigenvalue weighted by atomic mass is 35.5. The van der Waals surface area contributed by atoms with Gasteiger partial charge in [0.15, 0.2) is 5.60 Å². The largest absolute Gasteiger partial charge is 0.416 e. The van der Waals surface area contributed by atoms with E-state index in [0.717, 1.165) is 25.3 Å². The zero-order valence-corrected chi connectivity index (χ0v) is 19.0. The number of benzene rings is 2. The van der Waals surface area contributed by atoms with Gasteiger partial charge in [0.2, 0.25) is 0 Å². The van der Waals surface area contributed by atoms with Crippen LogP contribution < -0.4 is 4.90 Å². The predicted octanol–water partition coefficient (Wildman–Crippen LogP) is 6.73. The van der Waals surface area contributed by atoms with Crippen LogP contribution in [0.1, 0.15) is 55.4 Å². The van der Waals surface area contributed by atoms with E-state index in [1.54, 1.807) is 0 Å². The molecular weight excluding hydrogens is 450 g/mol. The summed E-state index contributed by atoms with van der Waals surface area (Å²) in [6.45, 7) is 5.80. The van der Waals surface area contributed by atoms with E-state index >= 15 is 0 Å². The number of rotatable bonds is 3. The molecule has 4 rings (SSSR count). The Kier molecular flexibility index (Phi) is 6.66. The van der Waals surface area contributed by atoms with E-state index in [0.29, 0.717) is 5.56 Å². The van der Waals surface area contributed by atoms with Gasteiger partial charge in [-0.3, -0.25) is 4.79 Å². The Bertz CT molecular complexity index is 1010. The van der Waals surface area contributed by atoms with Crippen molar-refractivity contribution in [3.63, 3.8) is 0 Å². The van der Waals surface area contributed by atoms with Crippen LogP contribution in [0.2, 0.25) is 10.0 Å². The van der Waals surface area contributed by atoms with Crippen LogP contribution in [0.4, 0.5) is 18.9 Å². The Balaban J connectivity index is 0.00000132. The van der Waals surface area contributed by atoms with Crippen LogP contribution in [-0.4, -0.2) is 17.6 Å². The average molecular weight is 474 g/mol. The lowest BCUT2D eigenvalue weighted by molar-refractivity contribution is -0.142. The summed E-state index contributed by atoms with van der Waals surface area (Å²) in [5.41, 5.74) is -3.72. The molecule has 1 atom stereocenters.